The van der Waals surface area contributed by atoms with Crippen LogP contribution in [0, 0.1) is 11.3 Å². The monoisotopic (exact) mass is 349 g/mol. The van der Waals surface area contributed by atoms with Gasteiger partial charge in [-0.15, -0.1) is 10.2 Å². The first-order chi connectivity index (χ1) is 12.3. The SMILES string of the molecule is Cn1nc(C(C)(C)C)c(N=Nc2c(C#N)cnn2-c2ccccn2)c1N. The Kier molecular flexibility index (Phi) is 4.26. The Morgan fingerprint density at radius 2 is 2.00 bits per heavy atom. The average molecular weight is 349 g/mol. The largest absolute Gasteiger partial charge is 0.382 e. The summed E-state index contributed by atoms with van der Waals surface area (Å²) in [7, 11) is 1.75. The summed E-state index contributed by atoms with van der Waals surface area (Å²) >= 11 is 0. The molecule has 0 aliphatic carbocycles. The number of hydrogen-bond acceptors (Lipinski definition) is 7. The summed E-state index contributed by atoms with van der Waals surface area (Å²) in [6.07, 6.45) is 3.07. The van der Waals surface area contributed by atoms with E-state index in [2.05, 4.69) is 31.5 Å². The van der Waals surface area contributed by atoms with Crippen LogP contribution in [0.5, 0.6) is 0 Å². The summed E-state index contributed by atoms with van der Waals surface area (Å²) < 4.78 is 3.03. The van der Waals surface area contributed by atoms with E-state index in [9.17, 15) is 5.26 Å². The van der Waals surface area contributed by atoms with E-state index in [-0.39, 0.29) is 11.2 Å². The number of hydrogen-bond donors (Lipinski definition) is 1. The van der Waals surface area contributed by atoms with Crippen molar-refractivity contribution >= 4 is 17.3 Å². The first-order valence-corrected chi connectivity index (χ1v) is 7.97. The van der Waals surface area contributed by atoms with Gasteiger partial charge in [-0.05, 0) is 12.1 Å². The zero-order chi connectivity index (χ0) is 18.9. The molecule has 0 atom stereocenters. The normalized spacial score (nSPS) is 11.8. The minimum absolute atomic E-state index is 0.261. The lowest BCUT2D eigenvalue weighted by Crippen LogP contribution is -2.12. The lowest BCUT2D eigenvalue weighted by molar-refractivity contribution is 0.554. The maximum Gasteiger partial charge on any atom is 0.197 e. The molecule has 0 saturated heterocycles. The highest BCUT2D eigenvalue weighted by Crippen LogP contribution is 2.36. The summed E-state index contributed by atoms with van der Waals surface area (Å²) in [5, 5.41) is 26.6. The van der Waals surface area contributed by atoms with Crippen LogP contribution in [0.1, 0.15) is 32.0 Å². The number of pyridine rings is 1. The van der Waals surface area contributed by atoms with Crippen LogP contribution in [0.25, 0.3) is 5.82 Å². The van der Waals surface area contributed by atoms with Gasteiger partial charge in [-0.2, -0.15) is 20.1 Å². The second-order valence-electron chi connectivity index (χ2n) is 6.75. The van der Waals surface area contributed by atoms with Crippen LogP contribution in [0.15, 0.2) is 40.8 Å². The second-order valence-corrected chi connectivity index (χ2v) is 6.75. The number of aryl methyl sites for hydroxylation is 1. The molecule has 9 nitrogen and oxygen atoms in total. The lowest BCUT2D eigenvalue weighted by atomic mass is 9.91. The van der Waals surface area contributed by atoms with Gasteiger partial charge in [-0.3, -0.25) is 4.68 Å². The zero-order valence-electron chi connectivity index (χ0n) is 15.0. The molecule has 3 aromatic rings. The van der Waals surface area contributed by atoms with E-state index in [0.29, 0.717) is 22.9 Å². The fraction of sp³-hybridized carbons (Fsp3) is 0.294. The highest BCUT2D eigenvalue weighted by Gasteiger charge is 2.25. The van der Waals surface area contributed by atoms with E-state index in [4.69, 9.17) is 5.73 Å². The van der Waals surface area contributed by atoms with Crippen LogP contribution in [-0.2, 0) is 12.5 Å². The van der Waals surface area contributed by atoms with Crippen molar-refractivity contribution in [2.24, 2.45) is 17.3 Å². The van der Waals surface area contributed by atoms with Crippen molar-refractivity contribution in [2.75, 3.05) is 5.73 Å². The van der Waals surface area contributed by atoms with Gasteiger partial charge in [0.1, 0.15) is 17.5 Å². The van der Waals surface area contributed by atoms with Crippen molar-refractivity contribution in [3.8, 4) is 11.9 Å². The van der Waals surface area contributed by atoms with E-state index in [0.717, 1.165) is 5.69 Å². The Hall–Kier alpha value is -3.54. The number of azo groups is 1. The maximum atomic E-state index is 9.35. The van der Waals surface area contributed by atoms with Crippen molar-refractivity contribution in [3.63, 3.8) is 0 Å². The molecule has 0 aliphatic heterocycles. The number of anilines is 1. The van der Waals surface area contributed by atoms with Crippen LogP contribution in [0.4, 0.5) is 17.3 Å². The fourth-order valence-electron chi connectivity index (χ4n) is 2.39. The minimum Gasteiger partial charge on any atom is -0.382 e. The molecule has 0 unspecified atom stereocenters. The Bertz CT molecular complexity index is 998. The van der Waals surface area contributed by atoms with E-state index in [1.165, 1.54) is 10.9 Å². The van der Waals surface area contributed by atoms with E-state index >= 15 is 0 Å². The zero-order valence-corrected chi connectivity index (χ0v) is 15.0. The van der Waals surface area contributed by atoms with Crippen molar-refractivity contribution in [2.45, 2.75) is 26.2 Å². The first-order valence-electron chi connectivity index (χ1n) is 7.97. The predicted octanol–water partition coefficient (Wildman–Crippen LogP) is 3.17. The van der Waals surface area contributed by atoms with Crippen molar-refractivity contribution < 1.29 is 0 Å². The Balaban J connectivity index is 2.11. The van der Waals surface area contributed by atoms with Crippen molar-refractivity contribution in [3.05, 3.63) is 41.9 Å². The van der Waals surface area contributed by atoms with Crippen LogP contribution in [0.3, 0.4) is 0 Å². The molecule has 26 heavy (non-hydrogen) atoms. The van der Waals surface area contributed by atoms with Crippen LogP contribution >= 0.6 is 0 Å². The number of nitrogen functional groups attached to an aromatic ring is 1. The van der Waals surface area contributed by atoms with Gasteiger partial charge < -0.3 is 5.73 Å². The van der Waals surface area contributed by atoms with Crippen molar-refractivity contribution in [1.29, 1.82) is 5.26 Å². The van der Waals surface area contributed by atoms with Gasteiger partial charge in [0.15, 0.2) is 17.3 Å². The predicted molar refractivity (Wildman–Crippen MR) is 96.6 cm³/mol. The molecule has 0 aliphatic rings. The summed E-state index contributed by atoms with van der Waals surface area (Å²) in [6.45, 7) is 6.06. The Morgan fingerprint density at radius 1 is 1.23 bits per heavy atom. The number of nitriles is 1. The highest BCUT2D eigenvalue weighted by molar-refractivity contribution is 5.63. The van der Waals surface area contributed by atoms with Gasteiger partial charge in [0, 0.05) is 18.7 Å². The Morgan fingerprint density at radius 3 is 2.62 bits per heavy atom. The summed E-state index contributed by atoms with van der Waals surface area (Å²) in [6, 6.07) is 7.46. The molecule has 132 valence electrons. The van der Waals surface area contributed by atoms with Crippen LogP contribution in [-0.4, -0.2) is 24.5 Å². The molecular formula is C17H19N9. The summed E-state index contributed by atoms with van der Waals surface area (Å²) in [4.78, 5) is 4.24. The number of rotatable bonds is 3. The molecule has 3 aromatic heterocycles. The standard InChI is InChI=1S/C17H19N9/c1-17(2,3)14-13(15(19)25(4)24-14)22-23-16-11(9-18)10-21-26(16)12-7-5-6-8-20-12/h5-8,10H,19H2,1-4H3. The molecule has 2 N–H and O–H groups in total. The van der Waals surface area contributed by atoms with Gasteiger partial charge in [0.05, 0.1) is 11.9 Å². The van der Waals surface area contributed by atoms with Crippen LogP contribution in [0.2, 0.25) is 0 Å². The minimum atomic E-state index is -0.261. The van der Waals surface area contributed by atoms with E-state index < -0.39 is 0 Å². The quantitative estimate of drug-likeness (QED) is 0.727. The molecule has 3 heterocycles. The number of nitrogens with two attached hydrogens (primary N) is 1. The third kappa shape index (κ3) is 3.04. The van der Waals surface area contributed by atoms with Crippen LogP contribution < -0.4 is 5.73 Å². The molecule has 3 rings (SSSR count). The Labute approximate surface area is 150 Å². The highest BCUT2D eigenvalue weighted by atomic mass is 15.4. The molecule has 0 bridgehead atoms. The smallest absolute Gasteiger partial charge is 0.197 e. The van der Waals surface area contributed by atoms with E-state index in [1.807, 2.05) is 26.8 Å². The summed E-state index contributed by atoms with van der Waals surface area (Å²) in [5.74, 6) is 1.23. The third-order valence-corrected chi connectivity index (χ3v) is 3.75. The third-order valence-electron chi connectivity index (χ3n) is 3.75. The van der Waals surface area contributed by atoms with Gasteiger partial charge in [0.2, 0.25) is 0 Å². The van der Waals surface area contributed by atoms with Gasteiger partial charge >= 0.3 is 0 Å². The molecule has 0 aromatic carbocycles. The average Bonchev–Trinajstić information content (AvgIpc) is 3.15. The topological polar surface area (TPSA) is 123 Å². The molecule has 0 amide bonds. The summed E-state index contributed by atoms with van der Waals surface area (Å²) in [5.41, 5.74) is 7.35. The molecule has 0 radical (unpaired) electrons. The maximum absolute atomic E-state index is 9.35. The molecule has 0 fully saturated rings. The number of nitrogens with zero attached hydrogens (tertiary/aromatic N) is 8. The second kappa shape index (κ2) is 6.40. The molecule has 0 spiro atoms. The molecule has 9 heteroatoms. The molecule has 0 saturated carbocycles. The lowest BCUT2D eigenvalue weighted by Gasteiger charge is -2.15. The number of aromatic nitrogens is 5. The fourth-order valence-corrected chi connectivity index (χ4v) is 2.39. The van der Waals surface area contributed by atoms with Gasteiger partial charge in [0.25, 0.3) is 0 Å². The van der Waals surface area contributed by atoms with Crippen molar-refractivity contribution in [1.82, 2.24) is 24.5 Å². The van der Waals surface area contributed by atoms with E-state index in [1.54, 1.807) is 30.1 Å². The molecular weight excluding hydrogens is 330 g/mol. The first kappa shape index (κ1) is 17.3. The van der Waals surface area contributed by atoms with Gasteiger partial charge in [-0.25, -0.2) is 4.98 Å². The van der Waals surface area contributed by atoms with Gasteiger partial charge in [-0.1, -0.05) is 26.8 Å².